The fraction of sp³-hybridized carbons (Fsp3) is 0.154. The van der Waals surface area contributed by atoms with E-state index in [2.05, 4.69) is 10.2 Å². The number of aromatic nitrogens is 3. The molecule has 5 nitrogen and oxygen atoms in total. The summed E-state index contributed by atoms with van der Waals surface area (Å²) in [5.74, 6) is -0.455. The molecule has 1 aromatic carbocycles. The standard InChI is InChI=1S/C13H9Cl2N3O2/c1-2-20-13(19)9-4-7-3-8(14)5-10(15)11(7)18-6-16-17-12(9)18/h3-6H,2H2,1H3. The molecule has 7 heteroatoms. The van der Waals surface area contributed by atoms with Gasteiger partial charge in [0.05, 0.1) is 17.1 Å². The van der Waals surface area contributed by atoms with Crippen LogP contribution in [0, 0.1) is 0 Å². The van der Waals surface area contributed by atoms with Crippen molar-refractivity contribution in [2.24, 2.45) is 0 Å². The Morgan fingerprint density at radius 2 is 2.15 bits per heavy atom. The lowest BCUT2D eigenvalue weighted by Gasteiger charge is -2.08. The molecule has 3 aromatic rings. The normalized spacial score (nSPS) is 11.2. The van der Waals surface area contributed by atoms with Gasteiger partial charge in [-0.2, -0.15) is 0 Å². The minimum atomic E-state index is -0.455. The highest BCUT2D eigenvalue weighted by Gasteiger charge is 2.17. The van der Waals surface area contributed by atoms with Gasteiger partial charge in [0.2, 0.25) is 0 Å². The average Bonchev–Trinajstić information content (AvgIpc) is 2.85. The van der Waals surface area contributed by atoms with E-state index in [4.69, 9.17) is 27.9 Å². The van der Waals surface area contributed by atoms with Crippen molar-refractivity contribution in [3.05, 3.63) is 40.1 Å². The van der Waals surface area contributed by atoms with Gasteiger partial charge in [0.1, 0.15) is 11.9 Å². The molecular formula is C13H9Cl2N3O2. The minimum absolute atomic E-state index is 0.285. The van der Waals surface area contributed by atoms with Gasteiger partial charge < -0.3 is 4.74 Å². The van der Waals surface area contributed by atoms with E-state index < -0.39 is 5.97 Å². The first-order valence-corrected chi connectivity index (χ1v) is 6.66. The molecule has 20 heavy (non-hydrogen) atoms. The van der Waals surface area contributed by atoms with Gasteiger partial charge in [0.25, 0.3) is 0 Å². The summed E-state index contributed by atoms with van der Waals surface area (Å²) in [6.45, 7) is 2.03. The maximum Gasteiger partial charge on any atom is 0.342 e. The van der Waals surface area contributed by atoms with Crippen molar-refractivity contribution in [1.82, 2.24) is 14.6 Å². The Morgan fingerprint density at radius 1 is 1.35 bits per heavy atom. The summed E-state index contributed by atoms with van der Waals surface area (Å²) in [5.41, 5.74) is 1.43. The molecule has 0 amide bonds. The molecule has 0 fully saturated rings. The van der Waals surface area contributed by atoms with E-state index in [1.807, 2.05) is 0 Å². The van der Waals surface area contributed by atoms with Crippen molar-refractivity contribution in [2.75, 3.05) is 6.61 Å². The molecule has 2 aromatic heterocycles. The molecule has 2 heterocycles. The third kappa shape index (κ3) is 1.99. The highest BCUT2D eigenvalue weighted by molar-refractivity contribution is 6.38. The number of carbonyl (C=O) groups is 1. The molecular weight excluding hydrogens is 301 g/mol. The van der Waals surface area contributed by atoms with Crippen molar-refractivity contribution in [1.29, 1.82) is 0 Å². The van der Waals surface area contributed by atoms with Gasteiger partial charge in [-0.3, -0.25) is 4.40 Å². The monoisotopic (exact) mass is 309 g/mol. The quantitative estimate of drug-likeness (QED) is 0.681. The lowest BCUT2D eigenvalue weighted by Crippen LogP contribution is -2.07. The maximum absolute atomic E-state index is 12.0. The van der Waals surface area contributed by atoms with Crippen molar-refractivity contribution < 1.29 is 9.53 Å². The highest BCUT2D eigenvalue weighted by Crippen LogP contribution is 2.30. The molecule has 3 rings (SSSR count). The number of halogens is 2. The van der Waals surface area contributed by atoms with Gasteiger partial charge in [0.15, 0.2) is 5.65 Å². The summed E-state index contributed by atoms with van der Waals surface area (Å²) in [7, 11) is 0. The van der Waals surface area contributed by atoms with Gasteiger partial charge in [-0.15, -0.1) is 10.2 Å². The minimum Gasteiger partial charge on any atom is -0.462 e. The van der Waals surface area contributed by atoms with Crippen LogP contribution in [0.2, 0.25) is 10.0 Å². The number of ether oxygens (including phenoxy) is 1. The number of fused-ring (bicyclic) bond motifs is 3. The highest BCUT2D eigenvalue weighted by atomic mass is 35.5. The topological polar surface area (TPSA) is 56.5 Å². The van der Waals surface area contributed by atoms with Crippen LogP contribution in [0.5, 0.6) is 0 Å². The van der Waals surface area contributed by atoms with Crippen LogP contribution < -0.4 is 0 Å². The molecule has 0 bridgehead atoms. The van der Waals surface area contributed by atoms with Crippen molar-refractivity contribution >= 4 is 45.7 Å². The van der Waals surface area contributed by atoms with Crippen LogP contribution in [0.3, 0.4) is 0 Å². The van der Waals surface area contributed by atoms with Gasteiger partial charge in [-0.05, 0) is 25.1 Å². The fourth-order valence-corrected chi connectivity index (χ4v) is 2.71. The smallest absolute Gasteiger partial charge is 0.342 e. The lowest BCUT2D eigenvalue weighted by molar-refractivity contribution is 0.0528. The summed E-state index contributed by atoms with van der Waals surface area (Å²) in [6.07, 6.45) is 1.50. The fourth-order valence-electron chi connectivity index (χ4n) is 2.11. The van der Waals surface area contributed by atoms with Crippen LogP contribution in [-0.2, 0) is 4.74 Å². The second-order valence-electron chi connectivity index (χ2n) is 4.13. The number of esters is 1. The first-order valence-electron chi connectivity index (χ1n) is 5.90. The predicted octanol–water partition coefficient (Wildman–Crippen LogP) is 3.37. The Labute approximate surface area is 124 Å². The van der Waals surface area contributed by atoms with E-state index >= 15 is 0 Å². The second-order valence-corrected chi connectivity index (χ2v) is 4.97. The van der Waals surface area contributed by atoms with E-state index in [0.717, 1.165) is 5.39 Å². The molecule has 0 aliphatic heterocycles. The summed E-state index contributed by atoms with van der Waals surface area (Å²) in [4.78, 5) is 12.0. The first-order chi connectivity index (χ1) is 9.61. The molecule has 0 radical (unpaired) electrons. The first kappa shape index (κ1) is 13.1. The zero-order valence-electron chi connectivity index (χ0n) is 10.4. The van der Waals surface area contributed by atoms with Crippen LogP contribution in [0.25, 0.3) is 16.6 Å². The largest absolute Gasteiger partial charge is 0.462 e. The number of rotatable bonds is 2. The Morgan fingerprint density at radius 3 is 2.90 bits per heavy atom. The van der Waals surface area contributed by atoms with E-state index in [9.17, 15) is 4.79 Å². The van der Waals surface area contributed by atoms with Gasteiger partial charge in [-0.1, -0.05) is 23.2 Å². The zero-order chi connectivity index (χ0) is 14.3. The van der Waals surface area contributed by atoms with Crippen molar-refractivity contribution in [2.45, 2.75) is 6.92 Å². The summed E-state index contributed by atoms with van der Waals surface area (Å²) in [5, 5.41) is 9.46. The third-order valence-corrected chi connectivity index (χ3v) is 3.39. The molecule has 0 saturated heterocycles. The zero-order valence-corrected chi connectivity index (χ0v) is 11.9. The lowest BCUT2D eigenvalue weighted by atomic mass is 10.1. The average molecular weight is 310 g/mol. The molecule has 0 aliphatic carbocycles. The van der Waals surface area contributed by atoms with E-state index in [-0.39, 0.29) is 6.61 Å². The Hall–Kier alpha value is -1.85. The SMILES string of the molecule is CCOC(=O)c1cc2cc(Cl)cc(Cl)c2n2cnnc12. The van der Waals surface area contributed by atoms with Crippen molar-refractivity contribution in [3.8, 4) is 0 Å². The Bertz CT molecular complexity index is 829. The van der Waals surface area contributed by atoms with E-state index in [0.29, 0.717) is 26.8 Å². The second kappa shape index (κ2) is 4.92. The molecule has 102 valence electrons. The maximum atomic E-state index is 12.0. The number of pyridine rings is 1. The third-order valence-electron chi connectivity index (χ3n) is 2.88. The van der Waals surface area contributed by atoms with Crippen LogP contribution in [0.1, 0.15) is 17.3 Å². The Balaban J connectivity index is 2.41. The van der Waals surface area contributed by atoms with E-state index in [1.54, 1.807) is 29.5 Å². The predicted molar refractivity (Wildman–Crippen MR) is 76.5 cm³/mol. The van der Waals surface area contributed by atoms with Crippen molar-refractivity contribution in [3.63, 3.8) is 0 Å². The Kier molecular flexibility index (Phi) is 3.23. The van der Waals surface area contributed by atoms with Gasteiger partial charge >= 0.3 is 5.97 Å². The molecule has 0 N–H and O–H groups in total. The molecule has 0 unspecified atom stereocenters. The molecule has 0 saturated carbocycles. The van der Waals surface area contributed by atoms with Crippen LogP contribution in [0.4, 0.5) is 0 Å². The number of hydrogen-bond acceptors (Lipinski definition) is 4. The van der Waals surface area contributed by atoms with Gasteiger partial charge in [0, 0.05) is 10.4 Å². The summed E-state index contributed by atoms with van der Waals surface area (Å²) in [6, 6.07) is 5.02. The number of carbonyl (C=O) groups excluding carboxylic acids is 1. The molecule has 0 aliphatic rings. The summed E-state index contributed by atoms with van der Waals surface area (Å²) < 4.78 is 6.68. The number of hydrogen-bond donors (Lipinski definition) is 0. The molecule has 0 atom stereocenters. The van der Waals surface area contributed by atoms with Crippen LogP contribution >= 0.6 is 23.2 Å². The van der Waals surface area contributed by atoms with Crippen LogP contribution in [0.15, 0.2) is 24.5 Å². The van der Waals surface area contributed by atoms with Gasteiger partial charge in [-0.25, -0.2) is 4.79 Å². The number of benzene rings is 1. The van der Waals surface area contributed by atoms with Crippen LogP contribution in [-0.4, -0.2) is 27.2 Å². The summed E-state index contributed by atoms with van der Waals surface area (Å²) >= 11 is 12.2. The molecule has 0 spiro atoms. The van der Waals surface area contributed by atoms with E-state index in [1.165, 1.54) is 6.33 Å². The number of nitrogens with zero attached hydrogens (tertiary/aromatic N) is 3.